The molecule has 110 valence electrons. The molecule has 1 fully saturated rings. The lowest BCUT2D eigenvalue weighted by Crippen LogP contribution is -2.41. The highest BCUT2D eigenvalue weighted by molar-refractivity contribution is 5.82. The molecule has 0 aliphatic carbocycles. The number of aryl methyl sites for hydroxylation is 1. The maximum atomic E-state index is 12.2. The van der Waals surface area contributed by atoms with Crippen LogP contribution in [0.25, 0.3) is 0 Å². The number of hydrogen-bond acceptors (Lipinski definition) is 5. The predicted molar refractivity (Wildman–Crippen MR) is 72.1 cm³/mol. The molecule has 3 atom stereocenters. The fraction of sp³-hybridized carbons (Fsp3) is 0.769. The van der Waals surface area contributed by atoms with Crippen molar-refractivity contribution in [3.63, 3.8) is 0 Å². The Hall–Kier alpha value is -1.47. The van der Waals surface area contributed by atoms with E-state index in [0.29, 0.717) is 6.42 Å². The molecule has 1 amide bonds. The molecule has 1 saturated heterocycles. The maximum absolute atomic E-state index is 12.2. The van der Waals surface area contributed by atoms with Gasteiger partial charge in [-0.15, -0.1) is 10.2 Å². The summed E-state index contributed by atoms with van der Waals surface area (Å²) in [6, 6.07) is -0.298. The Balaban J connectivity index is 1.61. The van der Waals surface area contributed by atoms with Gasteiger partial charge in [-0.05, 0) is 19.8 Å². The van der Waals surface area contributed by atoms with Gasteiger partial charge in [-0.25, -0.2) is 0 Å². The quantitative estimate of drug-likeness (QED) is 0.796. The van der Waals surface area contributed by atoms with E-state index >= 15 is 0 Å². The molecule has 20 heavy (non-hydrogen) atoms. The molecule has 2 N–H and O–H groups in total. The number of nitrogens with zero attached hydrogens (tertiary/aromatic N) is 3. The largest absolute Gasteiger partial charge is 0.380 e. The number of ether oxygens (including phenoxy) is 1. The van der Waals surface area contributed by atoms with Gasteiger partial charge in [0, 0.05) is 26.6 Å². The topological polar surface area (TPSA) is 81.1 Å². The molecule has 3 heterocycles. The molecule has 0 aromatic carbocycles. The van der Waals surface area contributed by atoms with Gasteiger partial charge in [0.2, 0.25) is 5.91 Å². The van der Waals surface area contributed by atoms with Gasteiger partial charge in [0.05, 0.1) is 18.2 Å². The van der Waals surface area contributed by atoms with Crippen LogP contribution in [0.5, 0.6) is 0 Å². The second-order valence-electron chi connectivity index (χ2n) is 5.51. The lowest BCUT2D eigenvalue weighted by Gasteiger charge is -2.17. The molecule has 0 radical (unpaired) electrons. The Morgan fingerprint density at radius 2 is 2.40 bits per heavy atom. The van der Waals surface area contributed by atoms with Crippen LogP contribution >= 0.6 is 0 Å². The Morgan fingerprint density at radius 1 is 1.55 bits per heavy atom. The molecule has 0 spiro atoms. The lowest BCUT2D eigenvalue weighted by molar-refractivity contribution is -0.123. The first-order chi connectivity index (χ1) is 9.69. The molecule has 1 aromatic rings. The molecule has 3 rings (SSSR count). The first-order valence-corrected chi connectivity index (χ1v) is 7.17. The number of carbonyl (C=O) groups is 1. The predicted octanol–water partition coefficient (Wildman–Crippen LogP) is -0.222. The zero-order valence-electron chi connectivity index (χ0n) is 11.9. The van der Waals surface area contributed by atoms with Crippen molar-refractivity contribution in [1.29, 1.82) is 0 Å². The van der Waals surface area contributed by atoms with Gasteiger partial charge in [-0.1, -0.05) is 0 Å². The number of carbonyl (C=O) groups excluding carboxylic acids is 1. The summed E-state index contributed by atoms with van der Waals surface area (Å²) in [5.41, 5.74) is 0. The Bertz CT molecular complexity index is 501. The lowest BCUT2D eigenvalue weighted by atomic mass is 10.2. The Kier molecular flexibility index (Phi) is 3.71. The van der Waals surface area contributed by atoms with E-state index in [1.165, 1.54) is 0 Å². The normalized spacial score (nSPS) is 26.5. The monoisotopic (exact) mass is 279 g/mol. The average Bonchev–Trinajstić information content (AvgIpc) is 3.14. The number of methoxy groups -OCH3 is 1. The minimum absolute atomic E-state index is 0.00685. The molecule has 1 aromatic heterocycles. The third-order valence-electron chi connectivity index (χ3n) is 4.12. The van der Waals surface area contributed by atoms with E-state index in [9.17, 15) is 4.79 Å². The highest BCUT2D eigenvalue weighted by Gasteiger charge is 2.31. The van der Waals surface area contributed by atoms with Crippen molar-refractivity contribution in [2.24, 2.45) is 0 Å². The highest BCUT2D eigenvalue weighted by Crippen LogP contribution is 2.19. The van der Waals surface area contributed by atoms with Gasteiger partial charge >= 0.3 is 0 Å². The smallest absolute Gasteiger partial charge is 0.237 e. The van der Waals surface area contributed by atoms with Gasteiger partial charge in [0.25, 0.3) is 0 Å². The van der Waals surface area contributed by atoms with Gasteiger partial charge in [-0.2, -0.15) is 0 Å². The number of fused-ring (bicyclic) bond motifs is 1. The van der Waals surface area contributed by atoms with Crippen molar-refractivity contribution in [1.82, 2.24) is 25.4 Å². The summed E-state index contributed by atoms with van der Waals surface area (Å²) in [7, 11) is 1.68. The maximum Gasteiger partial charge on any atom is 0.237 e. The molecule has 2 aliphatic heterocycles. The minimum Gasteiger partial charge on any atom is -0.380 e. The highest BCUT2D eigenvalue weighted by atomic mass is 16.5. The fourth-order valence-corrected chi connectivity index (χ4v) is 2.95. The summed E-state index contributed by atoms with van der Waals surface area (Å²) in [5.74, 6) is 1.89. The SMILES string of the molecule is COC1CNC(C(=O)NC(C)c2nnc3n2CCC3)C1. The zero-order valence-corrected chi connectivity index (χ0v) is 11.9. The number of amides is 1. The number of rotatable bonds is 4. The number of nitrogens with one attached hydrogen (secondary N) is 2. The van der Waals surface area contributed by atoms with Crippen molar-refractivity contribution in [3.05, 3.63) is 11.6 Å². The van der Waals surface area contributed by atoms with Gasteiger partial charge in [0.15, 0.2) is 5.82 Å². The standard InChI is InChI=1S/C13H21N5O2/c1-8(12-17-16-11-4-3-5-18(11)12)15-13(19)10-6-9(20-2)7-14-10/h8-10,14H,3-7H2,1-2H3,(H,15,19). The van der Waals surface area contributed by atoms with Crippen molar-refractivity contribution in [3.8, 4) is 0 Å². The molecule has 3 unspecified atom stereocenters. The van der Waals surface area contributed by atoms with E-state index in [1.807, 2.05) is 6.92 Å². The second kappa shape index (κ2) is 5.49. The van der Waals surface area contributed by atoms with Crippen LogP contribution in [0.15, 0.2) is 0 Å². The summed E-state index contributed by atoms with van der Waals surface area (Å²) in [6.45, 7) is 3.63. The third-order valence-corrected chi connectivity index (χ3v) is 4.12. The minimum atomic E-state index is -0.177. The van der Waals surface area contributed by atoms with Crippen LogP contribution in [-0.4, -0.2) is 46.5 Å². The van der Waals surface area contributed by atoms with Crippen LogP contribution < -0.4 is 10.6 Å². The molecular formula is C13H21N5O2. The third kappa shape index (κ3) is 2.43. The van der Waals surface area contributed by atoms with Crippen LogP contribution in [0.3, 0.4) is 0 Å². The van der Waals surface area contributed by atoms with Crippen molar-refractivity contribution in [2.45, 2.75) is 50.9 Å². The molecule has 0 bridgehead atoms. The van der Waals surface area contributed by atoms with Gasteiger partial charge < -0.3 is 19.9 Å². The van der Waals surface area contributed by atoms with Crippen LogP contribution in [0.2, 0.25) is 0 Å². The van der Waals surface area contributed by atoms with E-state index < -0.39 is 0 Å². The fourth-order valence-electron chi connectivity index (χ4n) is 2.95. The van der Waals surface area contributed by atoms with Crippen LogP contribution in [0.4, 0.5) is 0 Å². The van der Waals surface area contributed by atoms with E-state index in [-0.39, 0.29) is 24.1 Å². The van der Waals surface area contributed by atoms with E-state index in [1.54, 1.807) is 7.11 Å². The molecule has 2 aliphatic rings. The molecular weight excluding hydrogens is 258 g/mol. The van der Waals surface area contributed by atoms with Crippen LogP contribution in [-0.2, 0) is 22.5 Å². The van der Waals surface area contributed by atoms with Gasteiger partial charge in [0.1, 0.15) is 5.82 Å². The summed E-state index contributed by atoms with van der Waals surface area (Å²) in [4.78, 5) is 12.2. The van der Waals surface area contributed by atoms with Crippen molar-refractivity contribution < 1.29 is 9.53 Å². The second-order valence-corrected chi connectivity index (χ2v) is 5.51. The summed E-state index contributed by atoms with van der Waals surface area (Å²) < 4.78 is 7.38. The van der Waals surface area contributed by atoms with E-state index in [4.69, 9.17) is 4.74 Å². The van der Waals surface area contributed by atoms with Crippen molar-refractivity contribution >= 4 is 5.91 Å². The average molecular weight is 279 g/mol. The number of aromatic nitrogens is 3. The van der Waals surface area contributed by atoms with Crippen molar-refractivity contribution in [2.75, 3.05) is 13.7 Å². The first-order valence-electron chi connectivity index (χ1n) is 7.17. The Morgan fingerprint density at radius 3 is 3.15 bits per heavy atom. The van der Waals surface area contributed by atoms with Crippen LogP contribution in [0.1, 0.15) is 37.5 Å². The van der Waals surface area contributed by atoms with E-state index in [2.05, 4.69) is 25.4 Å². The summed E-state index contributed by atoms with van der Waals surface area (Å²) in [5, 5.41) is 14.6. The first kappa shape index (κ1) is 13.5. The van der Waals surface area contributed by atoms with Gasteiger partial charge in [-0.3, -0.25) is 4.79 Å². The summed E-state index contributed by atoms with van der Waals surface area (Å²) in [6.07, 6.45) is 2.93. The zero-order chi connectivity index (χ0) is 14.1. The summed E-state index contributed by atoms with van der Waals surface area (Å²) >= 11 is 0. The Labute approximate surface area is 118 Å². The number of hydrogen-bond donors (Lipinski definition) is 2. The molecule has 7 nitrogen and oxygen atoms in total. The molecule has 0 saturated carbocycles. The van der Waals surface area contributed by atoms with Crippen LogP contribution in [0, 0.1) is 0 Å². The molecule has 7 heteroatoms. The van der Waals surface area contributed by atoms with E-state index in [0.717, 1.165) is 37.6 Å².